The highest BCUT2D eigenvalue weighted by atomic mass is 35.5. The van der Waals surface area contributed by atoms with Crippen LogP contribution in [0.3, 0.4) is 0 Å². The average Bonchev–Trinajstić information content (AvgIpc) is 3.10. The summed E-state index contributed by atoms with van der Waals surface area (Å²) in [4.78, 5) is 4.84. The van der Waals surface area contributed by atoms with E-state index in [-0.39, 0.29) is 18.0 Å². The number of hydrogen-bond donors (Lipinski definition) is 4. The van der Waals surface area contributed by atoms with Crippen LogP contribution in [0.4, 0.5) is 17.5 Å². The van der Waals surface area contributed by atoms with Crippen molar-refractivity contribution >= 4 is 29.1 Å². The zero-order valence-corrected chi connectivity index (χ0v) is 19.0. The number of rotatable bonds is 8. The van der Waals surface area contributed by atoms with E-state index in [1.807, 2.05) is 25.1 Å². The number of anilines is 3. The molecule has 0 aromatic heterocycles. The highest BCUT2D eigenvalue weighted by Crippen LogP contribution is 2.37. The third-order valence-electron chi connectivity index (χ3n) is 4.87. The maximum atomic E-state index is 6.34. The number of nitrogens with zero attached hydrogens (tertiary/aromatic N) is 4. The van der Waals surface area contributed by atoms with Crippen molar-refractivity contribution < 1.29 is 0 Å². The lowest BCUT2D eigenvalue weighted by Crippen LogP contribution is -2.28. The van der Waals surface area contributed by atoms with Gasteiger partial charge in [0, 0.05) is 41.4 Å². The Kier molecular flexibility index (Phi) is 6.67. The Morgan fingerprint density at radius 2 is 1.83 bits per heavy atom. The quantitative estimate of drug-likeness (QED) is 0.397. The molecule has 0 radical (unpaired) electrons. The zero-order chi connectivity index (χ0) is 22.0. The van der Waals surface area contributed by atoms with Crippen molar-refractivity contribution in [1.82, 2.24) is 19.7 Å². The molecule has 8 nitrogen and oxygen atoms in total. The van der Waals surface area contributed by atoms with Crippen molar-refractivity contribution in [3.05, 3.63) is 34.5 Å². The molecule has 2 aliphatic rings. The molecule has 0 saturated heterocycles. The maximum Gasteiger partial charge on any atom is 0.205 e. The van der Waals surface area contributed by atoms with E-state index in [0.717, 1.165) is 28.6 Å². The first-order chi connectivity index (χ1) is 14.2. The fraction of sp³-hybridized carbons (Fsp3) is 0.476. The lowest BCUT2D eigenvalue weighted by Gasteiger charge is -2.25. The number of nitrogen functional groups attached to an aromatic ring is 1. The monoisotopic (exact) mass is 430 g/mol. The largest absolute Gasteiger partial charge is 0.398 e. The molecular weight excluding hydrogens is 400 g/mol. The number of benzene rings is 1. The molecule has 162 valence electrons. The van der Waals surface area contributed by atoms with Crippen LogP contribution in [0, 0.1) is 0 Å². The van der Waals surface area contributed by atoms with E-state index >= 15 is 0 Å². The van der Waals surface area contributed by atoms with Crippen molar-refractivity contribution in [1.29, 1.82) is 0 Å². The summed E-state index contributed by atoms with van der Waals surface area (Å²) in [5.41, 5.74) is 16.2. The zero-order valence-electron chi connectivity index (χ0n) is 18.2. The molecular formula is C21H31ClN8. The first kappa shape index (κ1) is 22.1. The number of nitrogens with two attached hydrogens (primary N) is 2. The van der Waals surface area contributed by atoms with Gasteiger partial charge in [0.05, 0.1) is 11.4 Å². The van der Waals surface area contributed by atoms with Gasteiger partial charge >= 0.3 is 0 Å². The molecule has 0 spiro atoms. The molecule has 0 amide bonds. The Balaban J connectivity index is 2.09. The fourth-order valence-electron chi connectivity index (χ4n) is 3.36. The molecule has 30 heavy (non-hydrogen) atoms. The Bertz CT molecular complexity index is 959. The van der Waals surface area contributed by atoms with Crippen molar-refractivity contribution in [2.45, 2.75) is 59.2 Å². The molecule has 0 aliphatic carbocycles. The lowest BCUT2D eigenvalue weighted by atomic mass is 10.1. The minimum absolute atomic E-state index is 0.0112. The van der Waals surface area contributed by atoms with E-state index in [4.69, 9.17) is 28.1 Å². The number of fused-ring (bicyclic) bond motifs is 1. The molecule has 6 N–H and O–H groups in total. The molecule has 2 aliphatic heterocycles. The van der Waals surface area contributed by atoms with Crippen molar-refractivity contribution in [3.63, 3.8) is 0 Å². The fourth-order valence-corrected chi connectivity index (χ4v) is 3.61. The molecule has 1 aromatic rings. The second-order valence-electron chi connectivity index (χ2n) is 8.20. The SMILES string of the molecule is CC(N)CNc1nc(NCc2c(N)cccc2Cl)c2nnc(C(C)C)c-2n1C(C)C. The predicted molar refractivity (Wildman–Crippen MR) is 124 cm³/mol. The van der Waals surface area contributed by atoms with Crippen LogP contribution in [-0.2, 0) is 6.54 Å². The second-order valence-corrected chi connectivity index (χ2v) is 8.61. The molecule has 9 heteroatoms. The third kappa shape index (κ3) is 4.44. The molecule has 3 rings (SSSR count). The number of hydrogen-bond acceptors (Lipinski definition) is 7. The minimum atomic E-state index is -0.0112. The van der Waals surface area contributed by atoms with Gasteiger partial charge in [-0.05, 0) is 38.8 Å². The van der Waals surface area contributed by atoms with Crippen LogP contribution in [0.2, 0.25) is 5.02 Å². The van der Waals surface area contributed by atoms with Gasteiger partial charge in [-0.3, -0.25) is 0 Å². The van der Waals surface area contributed by atoms with Gasteiger partial charge in [0.2, 0.25) is 5.95 Å². The molecule has 0 bridgehead atoms. The summed E-state index contributed by atoms with van der Waals surface area (Å²) in [5.74, 6) is 1.57. The van der Waals surface area contributed by atoms with Crippen LogP contribution >= 0.6 is 11.6 Å². The van der Waals surface area contributed by atoms with Gasteiger partial charge in [-0.2, -0.15) is 10.1 Å². The van der Waals surface area contributed by atoms with Gasteiger partial charge in [-0.25, -0.2) is 0 Å². The molecule has 0 fully saturated rings. The summed E-state index contributed by atoms with van der Waals surface area (Å²) in [6.45, 7) is 11.4. The van der Waals surface area contributed by atoms with Crippen LogP contribution in [-0.4, -0.2) is 32.3 Å². The van der Waals surface area contributed by atoms with E-state index in [1.54, 1.807) is 0 Å². The van der Waals surface area contributed by atoms with Gasteiger partial charge in [-0.1, -0.05) is 31.5 Å². The van der Waals surface area contributed by atoms with E-state index in [9.17, 15) is 0 Å². The summed E-state index contributed by atoms with van der Waals surface area (Å²) in [6, 6.07) is 5.64. The van der Waals surface area contributed by atoms with Crippen LogP contribution in [0.1, 0.15) is 57.8 Å². The Morgan fingerprint density at radius 3 is 2.43 bits per heavy atom. The van der Waals surface area contributed by atoms with Crippen LogP contribution in [0.15, 0.2) is 18.2 Å². The van der Waals surface area contributed by atoms with Crippen LogP contribution < -0.4 is 22.1 Å². The minimum Gasteiger partial charge on any atom is -0.398 e. The summed E-state index contributed by atoms with van der Waals surface area (Å²) < 4.78 is 2.14. The Morgan fingerprint density at radius 1 is 1.10 bits per heavy atom. The van der Waals surface area contributed by atoms with Crippen LogP contribution in [0.25, 0.3) is 11.4 Å². The Hall–Kier alpha value is -2.58. The molecule has 1 atom stereocenters. The smallest absolute Gasteiger partial charge is 0.205 e. The number of nitrogens with one attached hydrogen (secondary N) is 2. The first-order valence-corrected chi connectivity index (χ1v) is 10.6. The van der Waals surface area contributed by atoms with E-state index < -0.39 is 0 Å². The highest BCUT2D eigenvalue weighted by Gasteiger charge is 2.28. The topological polar surface area (TPSA) is 120 Å². The average molecular weight is 431 g/mol. The first-order valence-electron chi connectivity index (χ1n) is 10.2. The third-order valence-corrected chi connectivity index (χ3v) is 5.22. The van der Waals surface area contributed by atoms with Gasteiger partial charge in [0.15, 0.2) is 11.5 Å². The summed E-state index contributed by atoms with van der Waals surface area (Å²) in [5, 5.41) is 16.3. The van der Waals surface area contributed by atoms with Gasteiger partial charge in [0.25, 0.3) is 0 Å². The van der Waals surface area contributed by atoms with Crippen molar-refractivity contribution in [3.8, 4) is 11.4 Å². The number of aromatic nitrogens is 4. The van der Waals surface area contributed by atoms with E-state index in [1.165, 1.54) is 0 Å². The van der Waals surface area contributed by atoms with Gasteiger partial charge in [0.1, 0.15) is 0 Å². The normalized spacial score (nSPS) is 12.7. The Labute approximate surface area is 182 Å². The standard InChI is InChI=1S/C21H31ClN8/c1-11(2)17-19-18(29-28-17)20(25-10-14-15(22)7-6-8-16(14)24)27-21(26-9-13(5)23)30(19)12(3)4/h6-8,11-13,25H,9-10,23-24H2,1-5H3,(H,26,27). The molecule has 1 unspecified atom stereocenters. The second kappa shape index (κ2) is 9.06. The van der Waals surface area contributed by atoms with E-state index in [0.29, 0.717) is 29.6 Å². The molecule has 0 saturated carbocycles. The van der Waals surface area contributed by atoms with E-state index in [2.05, 4.69) is 53.1 Å². The molecule has 1 aromatic carbocycles. The van der Waals surface area contributed by atoms with Crippen molar-refractivity contribution in [2.24, 2.45) is 5.73 Å². The van der Waals surface area contributed by atoms with Gasteiger partial charge < -0.3 is 26.7 Å². The highest BCUT2D eigenvalue weighted by molar-refractivity contribution is 6.31. The predicted octanol–water partition coefficient (Wildman–Crippen LogP) is 4.09. The number of halogens is 1. The summed E-state index contributed by atoms with van der Waals surface area (Å²) in [6.07, 6.45) is 0. The summed E-state index contributed by atoms with van der Waals surface area (Å²) >= 11 is 6.34. The van der Waals surface area contributed by atoms with Crippen molar-refractivity contribution in [2.75, 3.05) is 22.9 Å². The van der Waals surface area contributed by atoms with Gasteiger partial charge in [-0.15, -0.1) is 5.10 Å². The molecule has 2 heterocycles. The summed E-state index contributed by atoms with van der Waals surface area (Å²) in [7, 11) is 0. The lowest BCUT2D eigenvalue weighted by molar-refractivity contribution is 0.590. The maximum absolute atomic E-state index is 6.34. The van der Waals surface area contributed by atoms with Crippen LogP contribution in [0.5, 0.6) is 0 Å².